The Morgan fingerprint density at radius 1 is 1.08 bits per heavy atom. The molecule has 0 aliphatic heterocycles. The minimum Gasteiger partial charge on any atom is -0.496 e. The van der Waals surface area contributed by atoms with Gasteiger partial charge >= 0.3 is 0 Å². The molecule has 5 nitrogen and oxygen atoms in total. The summed E-state index contributed by atoms with van der Waals surface area (Å²) in [4.78, 5) is 8.19. The summed E-state index contributed by atoms with van der Waals surface area (Å²) in [5.41, 5.74) is 2.13. The molecular formula is C18H26N2O3S. The van der Waals surface area contributed by atoms with Crippen molar-refractivity contribution in [3.63, 3.8) is 0 Å². The molecule has 0 aliphatic carbocycles. The Balaban J connectivity index is 2.30. The molecule has 0 bridgehead atoms. The van der Waals surface area contributed by atoms with E-state index in [1.807, 2.05) is 19.1 Å². The Morgan fingerprint density at radius 2 is 1.67 bits per heavy atom. The molecule has 0 amide bonds. The van der Waals surface area contributed by atoms with Crippen molar-refractivity contribution in [3.8, 4) is 17.2 Å². The van der Waals surface area contributed by atoms with Crippen molar-refractivity contribution < 1.29 is 14.2 Å². The van der Waals surface area contributed by atoms with E-state index < -0.39 is 0 Å². The minimum absolute atomic E-state index is 0.200. The van der Waals surface area contributed by atoms with Gasteiger partial charge in [0.1, 0.15) is 17.2 Å². The molecule has 1 atom stereocenters. The van der Waals surface area contributed by atoms with Crippen LogP contribution >= 0.6 is 11.3 Å². The molecule has 132 valence electrons. The molecule has 24 heavy (non-hydrogen) atoms. The third-order valence-electron chi connectivity index (χ3n) is 4.22. The number of methoxy groups -OCH3 is 3. The average molecular weight is 350 g/mol. The van der Waals surface area contributed by atoms with E-state index in [1.165, 1.54) is 4.88 Å². The molecule has 1 heterocycles. The van der Waals surface area contributed by atoms with Crippen LogP contribution in [0.25, 0.3) is 0 Å². The van der Waals surface area contributed by atoms with Crippen molar-refractivity contribution in [3.05, 3.63) is 33.3 Å². The van der Waals surface area contributed by atoms with Crippen molar-refractivity contribution in [2.24, 2.45) is 0 Å². The van der Waals surface area contributed by atoms with E-state index in [0.29, 0.717) is 12.3 Å². The van der Waals surface area contributed by atoms with Gasteiger partial charge in [0.2, 0.25) is 0 Å². The predicted octanol–water partition coefficient (Wildman–Crippen LogP) is 3.98. The van der Waals surface area contributed by atoms with E-state index >= 15 is 0 Å². The second-order valence-electron chi connectivity index (χ2n) is 5.78. The molecule has 0 saturated heterocycles. The lowest BCUT2D eigenvalue weighted by Crippen LogP contribution is -2.23. The van der Waals surface area contributed by atoms with Crippen LogP contribution in [0.5, 0.6) is 17.2 Å². The third kappa shape index (κ3) is 3.82. The van der Waals surface area contributed by atoms with Crippen molar-refractivity contribution >= 4 is 11.3 Å². The zero-order valence-corrected chi connectivity index (χ0v) is 16.3. The normalized spacial score (nSPS) is 12.3. The van der Waals surface area contributed by atoms with Crippen LogP contribution in [0.1, 0.15) is 34.1 Å². The van der Waals surface area contributed by atoms with Gasteiger partial charge in [-0.3, -0.25) is 4.90 Å². The second-order valence-corrected chi connectivity index (χ2v) is 7.18. The molecule has 0 spiro atoms. The zero-order chi connectivity index (χ0) is 17.9. The van der Waals surface area contributed by atoms with E-state index in [1.54, 1.807) is 32.7 Å². The van der Waals surface area contributed by atoms with Gasteiger partial charge in [0.05, 0.1) is 43.6 Å². The third-order valence-corrected chi connectivity index (χ3v) is 5.12. The average Bonchev–Trinajstić information content (AvgIpc) is 2.92. The van der Waals surface area contributed by atoms with Crippen LogP contribution in [-0.4, -0.2) is 38.3 Å². The first kappa shape index (κ1) is 18.5. The first-order chi connectivity index (χ1) is 11.4. The van der Waals surface area contributed by atoms with Crippen LogP contribution in [0.3, 0.4) is 0 Å². The molecule has 0 aliphatic rings. The molecule has 0 radical (unpaired) electrons. The number of ether oxygens (including phenoxy) is 3. The Labute approximate surface area is 148 Å². The van der Waals surface area contributed by atoms with Crippen LogP contribution in [0.15, 0.2) is 12.1 Å². The molecule has 0 saturated carbocycles. The fraction of sp³-hybridized carbons (Fsp3) is 0.500. The Morgan fingerprint density at radius 3 is 2.08 bits per heavy atom. The lowest BCUT2D eigenvalue weighted by Gasteiger charge is -2.26. The van der Waals surface area contributed by atoms with Gasteiger partial charge < -0.3 is 14.2 Å². The standard InChI is InChI=1S/C18H26N2O3S/c1-11(18-12(2)24-13(3)19-18)20(4)10-15-16(22-6)8-14(21-5)9-17(15)23-7/h8-9,11H,10H2,1-7H3. The van der Waals surface area contributed by atoms with Crippen LogP contribution in [0, 0.1) is 13.8 Å². The first-order valence-corrected chi connectivity index (χ1v) is 8.65. The summed E-state index contributed by atoms with van der Waals surface area (Å²) < 4.78 is 16.4. The summed E-state index contributed by atoms with van der Waals surface area (Å²) >= 11 is 1.74. The number of rotatable bonds is 7. The lowest BCUT2D eigenvalue weighted by atomic mass is 10.1. The van der Waals surface area contributed by atoms with Gasteiger partial charge in [-0.1, -0.05) is 0 Å². The summed E-state index contributed by atoms with van der Waals surface area (Å²) in [7, 11) is 7.04. The molecule has 2 aromatic rings. The lowest BCUT2D eigenvalue weighted by molar-refractivity contribution is 0.240. The molecule has 0 fully saturated rings. The Hall–Kier alpha value is -1.79. The largest absolute Gasteiger partial charge is 0.496 e. The molecule has 1 aromatic carbocycles. The van der Waals surface area contributed by atoms with Crippen molar-refractivity contribution in [2.45, 2.75) is 33.4 Å². The summed E-state index contributed by atoms with van der Waals surface area (Å²) in [6.45, 7) is 7.03. The van der Waals surface area contributed by atoms with E-state index in [2.05, 4.69) is 30.8 Å². The van der Waals surface area contributed by atoms with E-state index in [0.717, 1.165) is 27.8 Å². The highest BCUT2D eigenvalue weighted by molar-refractivity contribution is 7.11. The number of thiazole rings is 1. The van der Waals surface area contributed by atoms with Gasteiger partial charge in [0.25, 0.3) is 0 Å². The van der Waals surface area contributed by atoms with Gasteiger partial charge in [0.15, 0.2) is 0 Å². The van der Waals surface area contributed by atoms with Gasteiger partial charge in [-0.2, -0.15) is 0 Å². The van der Waals surface area contributed by atoms with Crippen LogP contribution < -0.4 is 14.2 Å². The van der Waals surface area contributed by atoms with E-state index in [-0.39, 0.29) is 6.04 Å². The fourth-order valence-corrected chi connectivity index (χ4v) is 3.67. The topological polar surface area (TPSA) is 43.8 Å². The van der Waals surface area contributed by atoms with Crippen molar-refractivity contribution in [1.82, 2.24) is 9.88 Å². The maximum Gasteiger partial charge on any atom is 0.130 e. The smallest absolute Gasteiger partial charge is 0.130 e. The summed E-state index contributed by atoms with van der Waals surface area (Å²) in [5, 5.41) is 1.10. The monoisotopic (exact) mass is 350 g/mol. The predicted molar refractivity (Wildman–Crippen MR) is 97.6 cm³/mol. The zero-order valence-electron chi connectivity index (χ0n) is 15.5. The van der Waals surface area contributed by atoms with Gasteiger partial charge in [-0.05, 0) is 27.8 Å². The molecule has 2 rings (SSSR count). The number of aryl methyl sites for hydroxylation is 2. The summed E-state index contributed by atoms with van der Waals surface area (Å²) in [6, 6.07) is 3.97. The number of aromatic nitrogens is 1. The highest BCUT2D eigenvalue weighted by atomic mass is 32.1. The highest BCUT2D eigenvalue weighted by Crippen LogP contribution is 2.36. The van der Waals surface area contributed by atoms with Crippen LogP contribution in [0.4, 0.5) is 0 Å². The number of nitrogens with zero attached hydrogens (tertiary/aromatic N) is 2. The van der Waals surface area contributed by atoms with Gasteiger partial charge in [-0.25, -0.2) is 4.98 Å². The van der Waals surface area contributed by atoms with E-state index in [9.17, 15) is 0 Å². The SMILES string of the molecule is COc1cc(OC)c(CN(C)C(C)c2nc(C)sc2C)c(OC)c1. The highest BCUT2D eigenvalue weighted by Gasteiger charge is 2.21. The van der Waals surface area contributed by atoms with Crippen molar-refractivity contribution in [2.75, 3.05) is 28.4 Å². The quantitative estimate of drug-likeness (QED) is 0.756. The molecule has 0 N–H and O–H groups in total. The first-order valence-electron chi connectivity index (χ1n) is 7.84. The molecule has 6 heteroatoms. The maximum absolute atomic E-state index is 5.54. The second kappa shape index (κ2) is 7.85. The fourth-order valence-electron chi connectivity index (χ4n) is 2.76. The van der Waals surface area contributed by atoms with Gasteiger partial charge in [0, 0.05) is 23.6 Å². The number of benzene rings is 1. The summed E-state index contributed by atoms with van der Waals surface area (Å²) in [6.07, 6.45) is 0. The minimum atomic E-state index is 0.200. The summed E-state index contributed by atoms with van der Waals surface area (Å²) in [5.74, 6) is 2.24. The molecular weight excluding hydrogens is 324 g/mol. The Bertz CT molecular complexity index is 675. The maximum atomic E-state index is 5.54. The number of hydrogen-bond acceptors (Lipinski definition) is 6. The van der Waals surface area contributed by atoms with Crippen LogP contribution in [-0.2, 0) is 6.54 Å². The number of hydrogen-bond donors (Lipinski definition) is 0. The van der Waals surface area contributed by atoms with Crippen LogP contribution in [0.2, 0.25) is 0 Å². The van der Waals surface area contributed by atoms with Crippen molar-refractivity contribution in [1.29, 1.82) is 0 Å². The molecule has 1 unspecified atom stereocenters. The Kier molecular flexibility index (Phi) is 6.07. The molecule has 1 aromatic heterocycles. The van der Waals surface area contributed by atoms with Gasteiger partial charge in [-0.15, -0.1) is 11.3 Å². The van der Waals surface area contributed by atoms with E-state index in [4.69, 9.17) is 14.2 Å².